The molecular formula is C21H28N2O4. The van der Waals surface area contributed by atoms with Gasteiger partial charge in [-0.15, -0.1) is 0 Å². The normalized spacial score (nSPS) is 31.8. The van der Waals surface area contributed by atoms with Gasteiger partial charge in [0.15, 0.2) is 0 Å². The summed E-state index contributed by atoms with van der Waals surface area (Å²) in [5.74, 6) is 0.0193. The number of carbonyl (C=O) groups excluding carboxylic acids is 1. The van der Waals surface area contributed by atoms with Crippen LogP contribution in [0.25, 0.3) is 0 Å². The third kappa shape index (κ3) is 3.36. The number of rotatable bonds is 7. The zero-order chi connectivity index (χ0) is 19.0. The first-order valence-corrected chi connectivity index (χ1v) is 10.0. The van der Waals surface area contributed by atoms with Gasteiger partial charge in [-0.3, -0.25) is 9.69 Å². The van der Waals surface area contributed by atoms with Crippen LogP contribution in [0.2, 0.25) is 0 Å². The van der Waals surface area contributed by atoms with Crippen molar-refractivity contribution in [3.63, 3.8) is 0 Å². The standard InChI is InChI=1S/C21H28N2O4/c1-2-5-19(24)22-10-16-17-12-23(13-21(17)9-8-18(16)27-21)11-14-6-3-4-7-15(14)20(25)26/h3-4,6-7,16-18H,2,5,8-13H2,1H3,(H,22,24)(H,25,26)/t16-,17+,18+,21+/m0/s1. The molecule has 1 aromatic carbocycles. The average molecular weight is 372 g/mol. The van der Waals surface area contributed by atoms with Crippen molar-refractivity contribution < 1.29 is 19.4 Å². The highest BCUT2D eigenvalue weighted by atomic mass is 16.5. The number of hydrogen-bond acceptors (Lipinski definition) is 4. The van der Waals surface area contributed by atoms with Gasteiger partial charge in [-0.05, 0) is 30.9 Å². The first kappa shape index (κ1) is 18.4. The molecule has 6 nitrogen and oxygen atoms in total. The summed E-state index contributed by atoms with van der Waals surface area (Å²) in [6.45, 7) is 5.08. The maximum atomic E-state index is 11.9. The molecule has 2 bridgehead atoms. The predicted molar refractivity (Wildman–Crippen MR) is 100 cm³/mol. The number of likely N-dealkylation sites (tertiary alicyclic amines) is 1. The second kappa shape index (κ2) is 7.24. The molecular weight excluding hydrogens is 344 g/mol. The lowest BCUT2D eigenvalue weighted by molar-refractivity contribution is -0.121. The minimum absolute atomic E-state index is 0.108. The minimum Gasteiger partial charge on any atom is -0.478 e. The van der Waals surface area contributed by atoms with Crippen molar-refractivity contribution in [2.24, 2.45) is 11.8 Å². The van der Waals surface area contributed by atoms with Crippen LogP contribution in [0.5, 0.6) is 0 Å². The zero-order valence-electron chi connectivity index (χ0n) is 15.8. The number of aromatic carboxylic acids is 1. The summed E-state index contributed by atoms with van der Waals surface area (Å²) < 4.78 is 6.43. The molecule has 0 aliphatic carbocycles. The van der Waals surface area contributed by atoms with Crippen molar-refractivity contribution in [3.05, 3.63) is 35.4 Å². The van der Waals surface area contributed by atoms with Gasteiger partial charge in [-0.1, -0.05) is 25.1 Å². The number of amides is 1. The van der Waals surface area contributed by atoms with Crippen LogP contribution >= 0.6 is 0 Å². The maximum Gasteiger partial charge on any atom is 0.336 e. The Morgan fingerprint density at radius 1 is 1.37 bits per heavy atom. The topological polar surface area (TPSA) is 78.9 Å². The van der Waals surface area contributed by atoms with E-state index in [1.54, 1.807) is 12.1 Å². The number of hydrogen-bond donors (Lipinski definition) is 2. The van der Waals surface area contributed by atoms with Gasteiger partial charge < -0.3 is 15.2 Å². The molecule has 0 aromatic heterocycles. The van der Waals surface area contributed by atoms with Crippen LogP contribution in [0.3, 0.4) is 0 Å². The van der Waals surface area contributed by atoms with Crippen molar-refractivity contribution in [1.82, 2.24) is 10.2 Å². The molecule has 3 aliphatic heterocycles. The van der Waals surface area contributed by atoms with E-state index in [2.05, 4.69) is 10.2 Å². The van der Waals surface area contributed by atoms with Gasteiger partial charge in [0.1, 0.15) is 0 Å². The number of fused-ring (bicyclic) bond motifs is 1. The van der Waals surface area contributed by atoms with Gasteiger partial charge >= 0.3 is 5.97 Å². The van der Waals surface area contributed by atoms with Gasteiger partial charge in [-0.2, -0.15) is 0 Å². The van der Waals surface area contributed by atoms with Crippen molar-refractivity contribution in [2.45, 2.75) is 50.9 Å². The third-order valence-corrected chi connectivity index (χ3v) is 6.51. The SMILES string of the molecule is CCCC(=O)NC[C@H]1[C@H]2CN(Cc3ccccc3C(=O)O)C[C@]23CC[C@H]1O3. The molecule has 146 valence electrons. The monoisotopic (exact) mass is 372 g/mol. The van der Waals surface area contributed by atoms with Crippen LogP contribution in [0, 0.1) is 11.8 Å². The fourth-order valence-electron chi connectivity index (χ4n) is 5.33. The van der Waals surface area contributed by atoms with Crippen molar-refractivity contribution in [1.29, 1.82) is 0 Å². The molecule has 1 aromatic rings. The maximum absolute atomic E-state index is 11.9. The van der Waals surface area contributed by atoms with E-state index >= 15 is 0 Å². The summed E-state index contributed by atoms with van der Waals surface area (Å²) in [6.07, 6.45) is 3.82. The second-order valence-electron chi connectivity index (χ2n) is 8.22. The molecule has 2 N–H and O–H groups in total. The average Bonchev–Trinajstić information content (AvgIpc) is 3.28. The lowest BCUT2D eigenvalue weighted by Crippen LogP contribution is -2.41. The Morgan fingerprint density at radius 2 is 2.19 bits per heavy atom. The Morgan fingerprint density at radius 3 is 2.96 bits per heavy atom. The van der Waals surface area contributed by atoms with E-state index in [9.17, 15) is 14.7 Å². The van der Waals surface area contributed by atoms with E-state index < -0.39 is 5.97 Å². The quantitative estimate of drug-likeness (QED) is 0.768. The van der Waals surface area contributed by atoms with E-state index in [1.165, 1.54) is 0 Å². The molecule has 6 heteroatoms. The van der Waals surface area contributed by atoms with E-state index in [0.29, 0.717) is 36.9 Å². The number of carboxylic acid groups (broad SMARTS) is 1. The van der Waals surface area contributed by atoms with Crippen molar-refractivity contribution in [3.8, 4) is 0 Å². The second-order valence-corrected chi connectivity index (χ2v) is 8.22. The van der Waals surface area contributed by atoms with Crippen LogP contribution in [-0.2, 0) is 16.1 Å². The fraction of sp³-hybridized carbons (Fsp3) is 0.619. The van der Waals surface area contributed by atoms with Crippen LogP contribution in [0.15, 0.2) is 24.3 Å². The summed E-state index contributed by atoms with van der Waals surface area (Å²) in [5, 5.41) is 12.5. The van der Waals surface area contributed by atoms with Gasteiger partial charge in [0.25, 0.3) is 0 Å². The van der Waals surface area contributed by atoms with E-state index in [-0.39, 0.29) is 17.6 Å². The molecule has 4 rings (SSSR count). The van der Waals surface area contributed by atoms with Gasteiger partial charge in [0.2, 0.25) is 5.91 Å². The number of nitrogens with zero attached hydrogens (tertiary/aromatic N) is 1. The highest BCUT2D eigenvalue weighted by molar-refractivity contribution is 5.89. The Bertz CT molecular complexity index is 737. The predicted octanol–water partition coefficient (Wildman–Crippen LogP) is 2.28. The number of nitrogens with one attached hydrogen (secondary N) is 1. The van der Waals surface area contributed by atoms with E-state index in [1.807, 2.05) is 19.1 Å². The Balaban J connectivity index is 1.44. The molecule has 4 atom stereocenters. The summed E-state index contributed by atoms with van der Waals surface area (Å²) in [7, 11) is 0. The summed E-state index contributed by atoms with van der Waals surface area (Å²) in [5.41, 5.74) is 1.12. The fourth-order valence-corrected chi connectivity index (χ4v) is 5.33. The number of carboxylic acids is 1. The van der Waals surface area contributed by atoms with E-state index in [4.69, 9.17) is 4.74 Å². The molecule has 0 saturated carbocycles. The molecule has 3 fully saturated rings. The first-order chi connectivity index (χ1) is 13.0. The summed E-state index contributed by atoms with van der Waals surface area (Å²) in [4.78, 5) is 25.7. The van der Waals surface area contributed by atoms with Crippen LogP contribution in [0.4, 0.5) is 0 Å². The Labute approximate surface area is 159 Å². The van der Waals surface area contributed by atoms with Crippen LogP contribution in [-0.4, -0.2) is 53.2 Å². The Hall–Kier alpha value is -1.92. The largest absolute Gasteiger partial charge is 0.478 e. The molecule has 27 heavy (non-hydrogen) atoms. The van der Waals surface area contributed by atoms with Crippen LogP contribution < -0.4 is 5.32 Å². The molecule has 1 spiro atoms. The first-order valence-electron chi connectivity index (χ1n) is 10.0. The highest BCUT2D eigenvalue weighted by Gasteiger charge is 2.62. The van der Waals surface area contributed by atoms with E-state index in [0.717, 1.165) is 37.9 Å². The van der Waals surface area contributed by atoms with Crippen LogP contribution in [0.1, 0.15) is 48.5 Å². The number of benzene rings is 1. The lowest BCUT2D eigenvalue weighted by atomic mass is 9.73. The Kier molecular flexibility index (Phi) is 4.95. The summed E-state index contributed by atoms with van der Waals surface area (Å²) >= 11 is 0. The smallest absolute Gasteiger partial charge is 0.336 e. The molecule has 3 heterocycles. The molecule has 0 unspecified atom stereocenters. The van der Waals surface area contributed by atoms with Crippen molar-refractivity contribution >= 4 is 11.9 Å². The molecule has 3 aliphatic rings. The van der Waals surface area contributed by atoms with Gasteiger partial charge in [-0.25, -0.2) is 4.79 Å². The number of carbonyl (C=O) groups is 2. The number of ether oxygens (including phenoxy) is 1. The molecule has 3 saturated heterocycles. The zero-order valence-corrected chi connectivity index (χ0v) is 15.8. The molecule has 1 amide bonds. The van der Waals surface area contributed by atoms with Gasteiger partial charge in [0.05, 0.1) is 17.3 Å². The van der Waals surface area contributed by atoms with Crippen molar-refractivity contribution in [2.75, 3.05) is 19.6 Å². The lowest BCUT2D eigenvalue weighted by Gasteiger charge is -2.29. The van der Waals surface area contributed by atoms with Gasteiger partial charge in [0, 0.05) is 44.4 Å². The summed E-state index contributed by atoms with van der Waals surface area (Å²) in [6, 6.07) is 7.23. The molecule has 0 radical (unpaired) electrons. The third-order valence-electron chi connectivity index (χ3n) is 6.51. The highest BCUT2D eigenvalue weighted by Crippen LogP contribution is 2.54. The minimum atomic E-state index is -0.878.